The van der Waals surface area contributed by atoms with Crippen LogP contribution in [0.25, 0.3) is 0 Å². The molecule has 0 aliphatic heterocycles. The van der Waals surface area contributed by atoms with E-state index in [1.165, 1.54) is 25.7 Å². The molecule has 0 atom stereocenters. The Kier molecular flexibility index (Phi) is 2.57. The van der Waals surface area contributed by atoms with E-state index in [9.17, 15) is 0 Å². The fraction of sp³-hybridized carbons (Fsp3) is 1.00. The number of rotatable bonds is 0. The Morgan fingerprint density at radius 2 is 1.00 bits per heavy atom. The summed E-state index contributed by atoms with van der Waals surface area (Å²) >= 11 is 8.74. The van der Waals surface area contributed by atoms with Crippen molar-refractivity contribution in [3.05, 3.63) is 0 Å². The highest BCUT2D eigenvalue weighted by molar-refractivity contribution is 7.81. The summed E-state index contributed by atoms with van der Waals surface area (Å²) in [6.45, 7) is 0. The van der Waals surface area contributed by atoms with Crippen molar-refractivity contribution in [2.45, 2.75) is 36.2 Å². The molecule has 0 saturated heterocycles. The molecule has 0 N–H and O–H groups in total. The molecule has 1 aliphatic carbocycles. The van der Waals surface area contributed by atoms with Gasteiger partial charge in [-0.15, -0.1) is 0 Å². The van der Waals surface area contributed by atoms with Crippen molar-refractivity contribution in [3.63, 3.8) is 0 Å². The largest absolute Gasteiger partial charge is 0.176 e. The van der Waals surface area contributed by atoms with Gasteiger partial charge in [0.15, 0.2) is 0 Å². The van der Waals surface area contributed by atoms with Gasteiger partial charge in [-0.2, -0.15) is 25.3 Å². The van der Waals surface area contributed by atoms with E-state index in [1.807, 2.05) is 0 Å². The maximum atomic E-state index is 4.37. The first-order chi connectivity index (χ1) is 3.79. The molecule has 0 aromatic carbocycles. The van der Waals surface area contributed by atoms with Gasteiger partial charge in [0.1, 0.15) is 0 Å². The highest BCUT2D eigenvalue weighted by Gasteiger charge is 2.14. The molecule has 2 heteroatoms. The van der Waals surface area contributed by atoms with Gasteiger partial charge >= 0.3 is 0 Å². The molecule has 0 spiro atoms. The van der Waals surface area contributed by atoms with Crippen LogP contribution in [0.4, 0.5) is 0 Å². The van der Waals surface area contributed by atoms with Crippen LogP contribution in [0.3, 0.4) is 0 Å². The fourth-order valence-electron chi connectivity index (χ4n) is 1.06. The van der Waals surface area contributed by atoms with Gasteiger partial charge in [-0.25, -0.2) is 0 Å². The Morgan fingerprint density at radius 3 is 1.25 bits per heavy atom. The van der Waals surface area contributed by atoms with Crippen LogP contribution in [0.2, 0.25) is 0 Å². The van der Waals surface area contributed by atoms with Crippen LogP contribution >= 0.6 is 25.3 Å². The molecule has 0 aromatic heterocycles. The molecule has 8 heavy (non-hydrogen) atoms. The van der Waals surface area contributed by atoms with Gasteiger partial charge in [-0.3, -0.25) is 0 Å². The molecule has 0 amide bonds. The Balaban J connectivity index is 2.19. The van der Waals surface area contributed by atoms with Crippen LogP contribution in [-0.4, -0.2) is 10.5 Å². The summed E-state index contributed by atoms with van der Waals surface area (Å²) in [6.07, 6.45) is 5.04. The first kappa shape index (κ1) is 6.81. The van der Waals surface area contributed by atoms with Crippen molar-refractivity contribution >= 4 is 25.3 Å². The summed E-state index contributed by atoms with van der Waals surface area (Å²) in [6, 6.07) is 0. The molecular formula is C6H12S2. The van der Waals surface area contributed by atoms with Gasteiger partial charge in [0.25, 0.3) is 0 Å². The molecule has 48 valence electrons. The zero-order valence-corrected chi connectivity index (χ0v) is 6.67. The average Bonchev–Trinajstić information content (AvgIpc) is 1.77. The molecule has 0 bridgehead atoms. The Morgan fingerprint density at radius 1 is 0.750 bits per heavy atom. The van der Waals surface area contributed by atoms with E-state index in [1.54, 1.807) is 0 Å². The number of thiol groups is 2. The maximum absolute atomic E-state index is 4.37. The predicted octanol–water partition coefficient (Wildman–Crippen LogP) is 2.16. The van der Waals surface area contributed by atoms with Crippen molar-refractivity contribution in [1.82, 2.24) is 0 Å². The minimum absolute atomic E-state index is 0.665. The van der Waals surface area contributed by atoms with Crippen molar-refractivity contribution in [2.75, 3.05) is 0 Å². The van der Waals surface area contributed by atoms with E-state index < -0.39 is 0 Å². The third-order valence-corrected chi connectivity index (χ3v) is 2.70. The minimum atomic E-state index is 0.665. The van der Waals surface area contributed by atoms with E-state index in [0.717, 1.165) is 0 Å². The lowest BCUT2D eigenvalue weighted by molar-refractivity contribution is 0.532. The zero-order valence-electron chi connectivity index (χ0n) is 4.88. The quantitative estimate of drug-likeness (QED) is 0.483. The summed E-state index contributed by atoms with van der Waals surface area (Å²) in [5, 5.41) is 1.33. The van der Waals surface area contributed by atoms with E-state index in [-0.39, 0.29) is 0 Å². The summed E-state index contributed by atoms with van der Waals surface area (Å²) in [4.78, 5) is 0. The van der Waals surface area contributed by atoms with Gasteiger partial charge < -0.3 is 0 Å². The Bertz CT molecular complexity index is 54.9. The SMILES string of the molecule is SC1CCC(S)CC1. The highest BCUT2D eigenvalue weighted by Crippen LogP contribution is 2.25. The van der Waals surface area contributed by atoms with Crippen molar-refractivity contribution in [2.24, 2.45) is 0 Å². The summed E-state index contributed by atoms with van der Waals surface area (Å²) in [7, 11) is 0. The molecule has 1 saturated carbocycles. The van der Waals surface area contributed by atoms with Gasteiger partial charge in [-0.05, 0) is 25.7 Å². The lowest BCUT2D eigenvalue weighted by atomic mass is 10.00. The van der Waals surface area contributed by atoms with E-state index in [2.05, 4.69) is 25.3 Å². The molecule has 0 aromatic rings. The van der Waals surface area contributed by atoms with Gasteiger partial charge in [-0.1, -0.05) is 0 Å². The van der Waals surface area contributed by atoms with Crippen molar-refractivity contribution < 1.29 is 0 Å². The molecule has 1 rings (SSSR count). The van der Waals surface area contributed by atoms with E-state index in [4.69, 9.17) is 0 Å². The first-order valence-corrected chi connectivity index (χ1v) is 4.18. The van der Waals surface area contributed by atoms with Gasteiger partial charge in [0.2, 0.25) is 0 Å². The van der Waals surface area contributed by atoms with Gasteiger partial charge in [0, 0.05) is 10.5 Å². The average molecular weight is 148 g/mol. The number of hydrogen-bond acceptors (Lipinski definition) is 2. The van der Waals surface area contributed by atoms with Gasteiger partial charge in [0.05, 0.1) is 0 Å². The van der Waals surface area contributed by atoms with E-state index >= 15 is 0 Å². The third kappa shape index (κ3) is 1.90. The monoisotopic (exact) mass is 148 g/mol. The second-order valence-corrected chi connectivity index (χ2v) is 3.92. The smallest absolute Gasteiger partial charge is 0.00176 e. The van der Waals surface area contributed by atoms with E-state index in [0.29, 0.717) is 10.5 Å². The fourth-order valence-corrected chi connectivity index (χ4v) is 1.65. The molecule has 1 aliphatic rings. The molecular weight excluding hydrogens is 136 g/mol. The number of hydrogen-bond donors (Lipinski definition) is 2. The van der Waals surface area contributed by atoms with Crippen LogP contribution in [-0.2, 0) is 0 Å². The lowest BCUT2D eigenvalue weighted by Crippen LogP contribution is -2.13. The van der Waals surface area contributed by atoms with Crippen LogP contribution in [0.1, 0.15) is 25.7 Å². The molecule has 0 radical (unpaired) electrons. The third-order valence-electron chi connectivity index (χ3n) is 1.67. The topological polar surface area (TPSA) is 0 Å². The molecule has 0 heterocycles. The minimum Gasteiger partial charge on any atom is -0.176 e. The Hall–Kier alpha value is 0.700. The molecule has 0 unspecified atom stereocenters. The summed E-state index contributed by atoms with van der Waals surface area (Å²) < 4.78 is 0. The first-order valence-electron chi connectivity index (χ1n) is 3.15. The maximum Gasteiger partial charge on any atom is 0.00176 e. The van der Waals surface area contributed by atoms with Crippen molar-refractivity contribution in [1.29, 1.82) is 0 Å². The standard InChI is InChI=1S/C6H12S2/c7-5-1-2-6(8)4-3-5/h5-8H,1-4H2. The zero-order chi connectivity index (χ0) is 5.98. The van der Waals surface area contributed by atoms with Crippen LogP contribution in [0, 0.1) is 0 Å². The predicted molar refractivity (Wildman–Crippen MR) is 44.0 cm³/mol. The van der Waals surface area contributed by atoms with Crippen LogP contribution in [0.15, 0.2) is 0 Å². The second-order valence-electron chi connectivity index (χ2n) is 2.46. The van der Waals surface area contributed by atoms with Crippen LogP contribution in [0.5, 0.6) is 0 Å². The second kappa shape index (κ2) is 3.02. The lowest BCUT2D eigenvalue weighted by Gasteiger charge is -2.21. The van der Waals surface area contributed by atoms with Crippen LogP contribution < -0.4 is 0 Å². The Labute approximate surface area is 61.9 Å². The molecule has 0 nitrogen and oxygen atoms in total. The summed E-state index contributed by atoms with van der Waals surface area (Å²) in [5.74, 6) is 0. The summed E-state index contributed by atoms with van der Waals surface area (Å²) in [5.41, 5.74) is 0. The normalized spacial score (nSPS) is 39.8. The highest BCUT2D eigenvalue weighted by atomic mass is 32.1. The molecule has 1 fully saturated rings. The van der Waals surface area contributed by atoms with Crippen molar-refractivity contribution in [3.8, 4) is 0 Å².